The molecule has 3 aromatic rings. The summed E-state index contributed by atoms with van der Waals surface area (Å²) in [6.45, 7) is 5.20. The molecule has 2 amide bonds. The average molecular weight is 472 g/mol. The lowest BCUT2D eigenvalue weighted by Crippen LogP contribution is -2.48. The Hall–Kier alpha value is -3.34. The van der Waals surface area contributed by atoms with E-state index < -0.39 is 0 Å². The third-order valence-electron chi connectivity index (χ3n) is 6.84. The van der Waals surface area contributed by atoms with E-state index in [1.807, 2.05) is 53.4 Å². The zero-order chi connectivity index (χ0) is 24.5. The van der Waals surface area contributed by atoms with Crippen molar-refractivity contribution in [3.8, 4) is 0 Å². The minimum Gasteiger partial charge on any atom is -0.368 e. The Labute approximate surface area is 209 Å². The van der Waals surface area contributed by atoms with Crippen LogP contribution in [0.4, 0.5) is 11.4 Å². The Kier molecular flexibility index (Phi) is 8.77. The average Bonchev–Trinajstić information content (AvgIpc) is 2.90. The Balaban J connectivity index is 1.23. The van der Waals surface area contributed by atoms with Crippen molar-refractivity contribution in [2.75, 3.05) is 36.4 Å². The van der Waals surface area contributed by atoms with Gasteiger partial charge in [-0.3, -0.25) is 9.59 Å². The largest absolute Gasteiger partial charge is 0.368 e. The lowest BCUT2D eigenvalue weighted by molar-refractivity contribution is -0.116. The van der Waals surface area contributed by atoms with E-state index in [1.165, 1.54) is 25.7 Å². The molecule has 1 aliphatic rings. The van der Waals surface area contributed by atoms with Gasteiger partial charge in [0.1, 0.15) is 0 Å². The highest BCUT2D eigenvalue weighted by Crippen LogP contribution is 2.22. The van der Waals surface area contributed by atoms with Crippen molar-refractivity contribution in [2.24, 2.45) is 0 Å². The van der Waals surface area contributed by atoms with Crippen molar-refractivity contribution in [3.05, 3.63) is 72.3 Å². The van der Waals surface area contributed by atoms with Gasteiger partial charge in [-0.15, -0.1) is 0 Å². The van der Waals surface area contributed by atoms with Gasteiger partial charge < -0.3 is 15.1 Å². The number of rotatable bonds is 10. The molecule has 0 radical (unpaired) electrons. The maximum atomic E-state index is 13.0. The summed E-state index contributed by atoms with van der Waals surface area (Å²) in [4.78, 5) is 29.5. The predicted molar refractivity (Wildman–Crippen MR) is 145 cm³/mol. The second-order valence-electron chi connectivity index (χ2n) is 9.45. The first-order valence-corrected chi connectivity index (χ1v) is 13.1. The number of carbonyl (C=O) groups is 2. The van der Waals surface area contributed by atoms with Crippen LogP contribution in [0.3, 0.4) is 0 Å². The van der Waals surface area contributed by atoms with Gasteiger partial charge in [0.15, 0.2) is 0 Å². The zero-order valence-electron chi connectivity index (χ0n) is 20.8. The van der Waals surface area contributed by atoms with Crippen LogP contribution >= 0.6 is 0 Å². The van der Waals surface area contributed by atoms with Crippen LogP contribution < -0.4 is 10.2 Å². The number of anilines is 2. The molecule has 5 nitrogen and oxygen atoms in total. The molecule has 1 saturated heterocycles. The SMILES string of the molecule is CCCCCCCCC(=O)Nc1ccc(N2CCN(C(=O)c3ccc4ccccc4c3)CC2)cc1. The molecule has 0 aromatic heterocycles. The molecular weight excluding hydrogens is 434 g/mol. The van der Waals surface area contributed by atoms with Gasteiger partial charge in [0.25, 0.3) is 5.91 Å². The van der Waals surface area contributed by atoms with Crippen LogP contribution in [0.1, 0.15) is 62.2 Å². The summed E-state index contributed by atoms with van der Waals surface area (Å²) in [6, 6.07) is 22.1. The maximum Gasteiger partial charge on any atom is 0.253 e. The first-order chi connectivity index (χ1) is 17.1. The first-order valence-electron chi connectivity index (χ1n) is 13.1. The van der Waals surface area contributed by atoms with Crippen molar-refractivity contribution in [3.63, 3.8) is 0 Å². The number of benzene rings is 3. The van der Waals surface area contributed by atoms with E-state index in [0.29, 0.717) is 19.5 Å². The van der Waals surface area contributed by atoms with Gasteiger partial charge in [-0.05, 0) is 53.6 Å². The molecule has 5 heteroatoms. The van der Waals surface area contributed by atoms with Crippen molar-refractivity contribution in [2.45, 2.75) is 51.9 Å². The van der Waals surface area contributed by atoms with E-state index >= 15 is 0 Å². The van der Waals surface area contributed by atoms with E-state index in [-0.39, 0.29) is 11.8 Å². The molecular formula is C30H37N3O2. The van der Waals surface area contributed by atoms with E-state index in [0.717, 1.165) is 53.6 Å². The fourth-order valence-electron chi connectivity index (χ4n) is 4.72. The molecule has 0 atom stereocenters. The summed E-state index contributed by atoms with van der Waals surface area (Å²) in [6.07, 6.45) is 7.69. The van der Waals surface area contributed by atoms with Gasteiger partial charge in [-0.1, -0.05) is 69.4 Å². The van der Waals surface area contributed by atoms with E-state index in [2.05, 4.69) is 35.3 Å². The summed E-state index contributed by atoms with van der Waals surface area (Å²) in [5.74, 6) is 0.188. The molecule has 0 unspecified atom stereocenters. The van der Waals surface area contributed by atoms with Crippen LogP contribution in [0.5, 0.6) is 0 Å². The monoisotopic (exact) mass is 471 g/mol. The number of hydrogen-bond acceptors (Lipinski definition) is 3. The molecule has 1 heterocycles. The summed E-state index contributed by atoms with van der Waals surface area (Å²) in [5.41, 5.74) is 2.71. The number of piperazine rings is 1. The van der Waals surface area contributed by atoms with Crippen LogP contribution in [0.25, 0.3) is 10.8 Å². The van der Waals surface area contributed by atoms with Crippen LogP contribution in [0.2, 0.25) is 0 Å². The molecule has 184 valence electrons. The summed E-state index contributed by atoms with van der Waals surface area (Å²) in [7, 11) is 0. The molecule has 3 aromatic carbocycles. The smallest absolute Gasteiger partial charge is 0.253 e. The molecule has 0 saturated carbocycles. The fraction of sp³-hybridized carbons (Fsp3) is 0.400. The number of fused-ring (bicyclic) bond motifs is 1. The van der Waals surface area contributed by atoms with Crippen molar-refractivity contribution in [1.82, 2.24) is 4.90 Å². The maximum absolute atomic E-state index is 13.0. The number of hydrogen-bond donors (Lipinski definition) is 1. The van der Waals surface area contributed by atoms with E-state index in [4.69, 9.17) is 0 Å². The lowest BCUT2D eigenvalue weighted by atomic mass is 10.1. The normalized spacial score (nSPS) is 13.7. The van der Waals surface area contributed by atoms with Crippen molar-refractivity contribution in [1.29, 1.82) is 0 Å². The summed E-state index contributed by atoms with van der Waals surface area (Å²) in [5, 5.41) is 5.26. The third-order valence-corrected chi connectivity index (χ3v) is 6.84. The van der Waals surface area contributed by atoms with Crippen LogP contribution in [-0.2, 0) is 4.79 Å². The highest BCUT2D eigenvalue weighted by molar-refractivity contribution is 5.98. The minimum atomic E-state index is 0.0917. The minimum absolute atomic E-state index is 0.0917. The zero-order valence-corrected chi connectivity index (χ0v) is 20.8. The molecule has 35 heavy (non-hydrogen) atoms. The fourth-order valence-corrected chi connectivity index (χ4v) is 4.72. The Morgan fingerprint density at radius 1 is 0.771 bits per heavy atom. The van der Waals surface area contributed by atoms with Crippen molar-refractivity contribution < 1.29 is 9.59 Å². The van der Waals surface area contributed by atoms with Gasteiger partial charge in [0, 0.05) is 49.5 Å². The Morgan fingerprint density at radius 3 is 2.20 bits per heavy atom. The molecule has 1 aliphatic heterocycles. The topological polar surface area (TPSA) is 52.7 Å². The Morgan fingerprint density at radius 2 is 1.46 bits per heavy atom. The van der Waals surface area contributed by atoms with Gasteiger partial charge in [0.2, 0.25) is 5.91 Å². The number of nitrogens with one attached hydrogen (secondary N) is 1. The van der Waals surface area contributed by atoms with Crippen LogP contribution in [-0.4, -0.2) is 42.9 Å². The second-order valence-corrected chi connectivity index (χ2v) is 9.45. The second kappa shape index (κ2) is 12.4. The lowest BCUT2D eigenvalue weighted by Gasteiger charge is -2.36. The van der Waals surface area contributed by atoms with Crippen molar-refractivity contribution >= 4 is 34.0 Å². The predicted octanol–water partition coefficient (Wildman–Crippen LogP) is 6.49. The number of amides is 2. The first kappa shape index (κ1) is 24.8. The van der Waals surface area contributed by atoms with Gasteiger partial charge in [-0.2, -0.15) is 0 Å². The number of unbranched alkanes of at least 4 members (excludes halogenated alkanes) is 5. The highest BCUT2D eigenvalue weighted by Gasteiger charge is 2.22. The molecule has 0 spiro atoms. The molecule has 0 bridgehead atoms. The molecule has 1 fully saturated rings. The highest BCUT2D eigenvalue weighted by atomic mass is 16.2. The van der Waals surface area contributed by atoms with Crippen LogP contribution in [0, 0.1) is 0 Å². The van der Waals surface area contributed by atoms with Gasteiger partial charge in [0.05, 0.1) is 0 Å². The summed E-state index contributed by atoms with van der Waals surface area (Å²) < 4.78 is 0. The van der Waals surface area contributed by atoms with Gasteiger partial charge >= 0.3 is 0 Å². The number of carbonyl (C=O) groups excluding carboxylic acids is 2. The Bertz CT molecular complexity index is 1120. The molecule has 4 rings (SSSR count). The van der Waals surface area contributed by atoms with E-state index in [9.17, 15) is 9.59 Å². The van der Waals surface area contributed by atoms with Gasteiger partial charge in [-0.25, -0.2) is 0 Å². The van der Waals surface area contributed by atoms with Crippen LogP contribution in [0.15, 0.2) is 66.7 Å². The quantitative estimate of drug-likeness (QED) is 0.344. The summed E-state index contributed by atoms with van der Waals surface area (Å²) >= 11 is 0. The molecule has 0 aliphatic carbocycles. The third kappa shape index (κ3) is 6.84. The number of nitrogens with zero attached hydrogens (tertiary/aromatic N) is 2. The van der Waals surface area contributed by atoms with E-state index in [1.54, 1.807) is 0 Å². The standard InChI is InChI=1S/C30H37N3O2/c1-2-3-4-5-6-7-12-29(34)31-27-15-17-28(18-16-27)32-19-21-33(22-20-32)30(35)26-14-13-24-10-8-9-11-25(24)23-26/h8-11,13-18,23H,2-7,12,19-22H2,1H3,(H,31,34). The molecule has 1 N–H and O–H groups in total.